The first kappa shape index (κ1) is 38.8. The van der Waals surface area contributed by atoms with E-state index in [1.807, 2.05) is 56.5 Å². The van der Waals surface area contributed by atoms with Gasteiger partial charge < -0.3 is 20.4 Å². The number of aryl methyl sites for hydroxylation is 1. The molecule has 14 heteroatoms. The third kappa shape index (κ3) is 7.45. The van der Waals surface area contributed by atoms with Crippen LogP contribution in [0.1, 0.15) is 91.2 Å². The van der Waals surface area contributed by atoms with Crippen LogP contribution in [0.15, 0.2) is 77.8 Å². The topological polar surface area (TPSA) is 163 Å². The van der Waals surface area contributed by atoms with E-state index in [1.54, 1.807) is 0 Å². The maximum Gasteiger partial charge on any atom is 0.262 e. The van der Waals surface area contributed by atoms with Gasteiger partial charge in [-0.15, -0.1) is 17.9 Å². The lowest BCUT2D eigenvalue weighted by Crippen LogP contribution is -2.60. The molecule has 0 unspecified atom stereocenters. The van der Waals surface area contributed by atoms with E-state index in [4.69, 9.17) is 9.99 Å². The third-order valence-corrected chi connectivity index (χ3v) is 14.4. The molecule has 5 atom stereocenters. The molecular weight excluding hydrogens is 763 g/mol. The molecule has 298 valence electrons. The monoisotopic (exact) mass is 809 g/mol. The predicted octanol–water partition coefficient (Wildman–Crippen LogP) is 5.33. The zero-order valence-corrected chi connectivity index (χ0v) is 33.9. The number of benzene rings is 2. The number of nitrogens with one attached hydrogen (secondary N) is 3. The molecule has 12 nitrogen and oxygen atoms in total. The Kier molecular flexibility index (Phi) is 10.00. The van der Waals surface area contributed by atoms with Crippen molar-refractivity contribution in [2.45, 2.75) is 94.7 Å². The molecule has 4 amide bonds. The van der Waals surface area contributed by atoms with E-state index in [0.717, 1.165) is 46.2 Å². The summed E-state index contributed by atoms with van der Waals surface area (Å²) in [6.45, 7) is 9.33. The quantitative estimate of drug-likeness (QED) is 0.222. The van der Waals surface area contributed by atoms with Crippen LogP contribution in [0.25, 0.3) is 17.2 Å². The van der Waals surface area contributed by atoms with Crippen LogP contribution >= 0.6 is 11.3 Å². The van der Waals surface area contributed by atoms with Crippen LogP contribution in [0.2, 0.25) is 0 Å². The average molecular weight is 810 g/mol. The zero-order chi connectivity index (χ0) is 40.3. The van der Waals surface area contributed by atoms with Crippen molar-refractivity contribution in [1.82, 2.24) is 20.3 Å². The van der Waals surface area contributed by atoms with Crippen molar-refractivity contribution >= 4 is 56.8 Å². The van der Waals surface area contributed by atoms with Gasteiger partial charge in [0.15, 0.2) is 0 Å². The van der Waals surface area contributed by atoms with Crippen molar-refractivity contribution in [2.75, 3.05) is 6.54 Å². The number of carbonyl (C=O) groups is 4. The van der Waals surface area contributed by atoms with Crippen molar-refractivity contribution in [3.05, 3.63) is 99.8 Å². The Hall–Kier alpha value is -5.08. The Balaban J connectivity index is 1.16. The van der Waals surface area contributed by atoms with Gasteiger partial charge in [-0.25, -0.2) is 8.42 Å². The molecule has 3 fully saturated rings. The largest absolute Gasteiger partial charge is 0.390 e. The number of fused-ring (bicyclic) bond motifs is 7. The summed E-state index contributed by atoms with van der Waals surface area (Å²) in [7, 11) is -3.90. The fraction of sp³-hybridized carbons (Fsp3) is 0.419. The molecule has 3 aromatic rings. The number of sulfonamides is 1. The third-order valence-electron chi connectivity index (χ3n) is 11.6. The van der Waals surface area contributed by atoms with E-state index < -0.39 is 68.1 Å². The Bertz CT molecular complexity index is 2340. The summed E-state index contributed by atoms with van der Waals surface area (Å²) in [6.07, 6.45) is 8.41. The fourth-order valence-corrected chi connectivity index (χ4v) is 10.4. The molecular formula is C43H47N5O7S2. The van der Waals surface area contributed by atoms with Gasteiger partial charge in [-0.05, 0) is 83.7 Å². The van der Waals surface area contributed by atoms with Crippen molar-refractivity contribution in [3.8, 4) is 11.1 Å². The Morgan fingerprint density at radius 1 is 1.07 bits per heavy atom. The highest BCUT2D eigenvalue weighted by Gasteiger charge is 2.62. The lowest BCUT2D eigenvalue weighted by molar-refractivity contribution is -0.142. The maximum atomic E-state index is 14.8. The SMILES string of the molecule is C=C[C@@H]1C[C@]1(NC(=O)[C@@H]1C[C@@H]2CN1C(=O)[C@H](C(C)(C)C)NC(=O)c1sccc1CCC/C=C/c1ccc3c(c1)/C(=N\O2)c1ccccc1-3)C(=O)NS(=O)(=O)C1CC1. The second-order valence-corrected chi connectivity index (χ2v) is 19.7. The molecule has 1 aromatic heterocycles. The molecule has 57 heavy (non-hydrogen) atoms. The zero-order valence-electron chi connectivity index (χ0n) is 32.2. The number of nitrogens with zero attached hydrogens (tertiary/aromatic N) is 2. The highest BCUT2D eigenvalue weighted by Crippen LogP contribution is 2.46. The van der Waals surface area contributed by atoms with Gasteiger partial charge in [-0.3, -0.25) is 23.9 Å². The second kappa shape index (κ2) is 14.7. The van der Waals surface area contributed by atoms with E-state index in [9.17, 15) is 27.6 Å². The number of amides is 4. The van der Waals surface area contributed by atoms with Crippen LogP contribution in [0, 0.1) is 11.3 Å². The van der Waals surface area contributed by atoms with Crippen LogP contribution in [0.3, 0.4) is 0 Å². The molecule has 2 aromatic carbocycles. The molecule has 3 heterocycles. The molecule has 2 aliphatic heterocycles. The van der Waals surface area contributed by atoms with Crippen LogP contribution in [0.4, 0.5) is 0 Å². The number of thiophene rings is 1. The van der Waals surface area contributed by atoms with E-state index in [2.05, 4.69) is 52.3 Å². The maximum absolute atomic E-state index is 14.8. The number of allylic oxidation sites excluding steroid dienone is 1. The molecule has 8 rings (SSSR count). The highest BCUT2D eigenvalue weighted by molar-refractivity contribution is 7.91. The number of rotatable bonds is 6. The normalized spacial score (nSPS) is 27.4. The first-order chi connectivity index (χ1) is 27.2. The first-order valence-corrected chi connectivity index (χ1v) is 22.0. The number of carbonyl (C=O) groups excluding carboxylic acids is 4. The minimum Gasteiger partial charge on any atom is -0.390 e. The van der Waals surface area contributed by atoms with Crippen LogP contribution in [-0.2, 0) is 35.7 Å². The summed E-state index contributed by atoms with van der Waals surface area (Å²) in [5, 5.41) is 11.8. The smallest absolute Gasteiger partial charge is 0.262 e. The lowest BCUT2D eigenvalue weighted by Gasteiger charge is -2.35. The van der Waals surface area contributed by atoms with Crippen LogP contribution < -0.4 is 15.4 Å². The second-order valence-electron chi connectivity index (χ2n) is 16.8. The van der Waals surface area contributed by atoms with Gasteiger partial charge in [0.05, 0.1) is 16.7 Å². The molecule has 5 aliphatic rings. The molecule has 0 radical (unpaired) electrons. The molecule has 3 aliphatic carbocycles. The minimum absolute atomic E-state index is 0.0299. The van der Waals surface area contributed by atoms with Gasteiger partial charge in [0, 0.05) is 23.5 Å². The van der Waals surface area contributed by atoms with Gasteiger partial charge in [0.1, 0.15) is 29.4 Å². The van der Waals surface area contributed by atoms with Gasteiger partial charge in [-0.2, -0.15) is 0 Å². The summed E-state index contributed by atoms with van der Waals surface area (Å²) in [4.78, 5) is 65.0. The summed E-state index contributed by atoms with van der Waals surface area (Å²) in [5.41, 5.74) is 4.07. The molecule has 2 saturated carbocycles. The standard InChI is InChI=1S/C43H47N5O7S2/c1-5-27-23-43(27,41(52)47-57(53,54)29-16-17-29)45-38(49)34-22-28-24-48(34)40(51)37(42(2,3)4)44-39(50)36-26(19-20-56-36)12-8-6-7-11-25-15-18-31-30-13-9-10-14-32(30)35(46-55-28)33(31)21-25/h5,7,9-11,13-15,18-21,27-29,34,37H,1,6,8,12,16-17,22-24H2,2-4H3,(H,44,50)(H,45,49)(H,47,52)/b11-7+,46-35-/t27-,28-,34+,37-,43-/m1/s1. The average Bonchev–Trinajstić information content (AvgIpc) is 4.02. The molecule has 3 N–H and O–H groups in total. The van der Waals surface area contributed by atoms with Gasteiger partial charge in [0.25, 0.3) is 11.8 Å². The van der Waals surface area contributed by atoms with Gasteiger partial charge >= 0.3 is 0 Å². The van der Waals surface area contributed by atoms with E-state index in [-0.39, 0.29) is 25.3 Å². The van der Waals surface area contributed by atoms with Crippen LogP contribution in [0.5, 0.6) is 0 Å². The van der Waals surface area contributed by atoms with E-state index in [0.29, 0.717) is 29.9 Å². The van der Waals surface area contributed by atoms with Gasteiger partial charge in [0.2, 0.25) is 21.8 Å². The Morgan fingerprint density at radius 3 is 2.54 bits per heavy atom. The lowest BCUT2D eigenvalue weighted by atomic mass is 9.85. The van der Waals surface area contributed by atoms with Crippen molar-refractivity contribution in [3.63, 3.8) is 0 Å². The minimum atomic E-state index is -3.90. The highest BCUT2D eigenvalue weighted by atomic mass is 32.2. The Morgan fingerprint density at radius 2 is 1.82 bits per heavy atom. The summed E-state index contributed by atoms with van der Waals surface area (Å²) >= 11 is 1.32. The van der Waals surface area contributed by atoms with E-state index in [1.165, 1.54) is 22.3 Å². The molecule has 1 saturated heterocycles. The molecule has 4 bridgehead atoms. The number of oxime groups is 1. The predicted molar refractivity (Wildman–Crippen MR) is 219 cm³/mol. The Labute approximate surface area is 336 Å². The number of hydrogen-bond donors (Lipinski definition) is 3. The molecule has 0 spiro atoms. The van der Waals surface area contributed by atoms with Crippen molar-refractivity contribution < 1.29 is 32.4 Å². The van der Waals surface area contributed by atoms with Crippen molar-refractivity contribution in [1.29, 1.82) is 0 Å². The van der Waals surface area contributed by atoms with Gasteiger partial charge in [-0.1, -0.05) is 80.6 Å². The van der Waals surface area contributed by atoms with E-state index >= 15 is 0 Å². The van der Waals surface area contributed by atoms with Crippen molar-refractivity contribution in [2.24, 2.45) is 16.5 Å². The summed E-state index contributed by atoms with van der Waals surface area (Å²) in [6, 6.07) is 14.0. The first-order valence-electron chi connectivity index (χ1n) is 19.5. The summed E-state index contributed by atoms with van der Waals surface area (Å²) < 4.78 is 27.8. The summed E-state index contributed by atoms with van der Waals surface area (Å²) in [5.74, 6) is -2.84. The number of hydrogen-bond acceptors (Lipinski definition) is 9. The fourth-order valence-electron chi connectivity index (χ4n) is 8.15. The van der Waals surface area contributed by atoms with Crippen LogP contribution in [-0.4, -0.2) is 78.2 Å².